The number of carbonyl (C=O) groups is 2. The highest BCUT2D eigenvalue weighted by Gasteiger charge is 2.16. The quantitative estimate of drug-likeness (QED) is 0.821. The molecule has 0 fully saturated rings. The maximum Gasteiger partial charge on any atom is 0.279 e. The number of benzene rings is 1. The molecule has 2 N–H and O–H groups in total. The summed E-state index contributed by atoms with van der Waals surface area (Å²) in [7, 11) is 0. The van der Waals surface area contributed by atoms with Crippen LogP contribution in [0, 0.1) is 6.92 Å². The molecule has 2 rings (SSSR count). The van der Waals surface area contributed by atoms with Gasteiger partial charge in [0, 0.05) is 17.2 Å². The fraction of sp³-hybridized carbons (Fsp3) is 0.0909. The average Bonchev–Trinajstić information content (AvgIpc) is 2.81. The number of amides is 2. The summed E-state index contributed by atoms with van der Waals surface area (Å²) in [5.74, 6) is -0.406. The molecule has 92 valence electrons. The average molecular weight is 262 g/mol. The van der Waals surface area contributed by atoms with Crippen molar-refractivity contribution >= 4 is 34.5 Å². The van der Waals surface area contributed by atoms with Crippen LogP contribution in [0.2, 0.25) is 0 Å². The molecule has 18 heavy (non-hydrogen) atoms. The Kier molecular flexibility index (Phi) is 3.63. The Morgan fingerprint density at radius 3 is 2.72 bits per heavy atom. The summed E-state index contributed by atoms with van der Waals surface area (Å²) >= 11 is 0.951. The van der Waals surface area contributed by atoms with Crippen LogP contribution in [0.1, 0.15) is 16.1 Å². The Bertz CT molecular complexity index is 565. The minimum absolute atomic E-state index is 0.104. The Hall–Kier alpha value is -2.28. The molecule has 0 aliphatic heterocycles. The third kappa shape index (κ3) is 2.69. The Labute approximate surface area is 107 Å². The predicted molar refractivity (Wildman–Crippen MR) is 68.7 cm³/mol. The van der Waals surface area contributed by atoms with Crippen molar-refractivity contribution in [2.45, 2.75) is 6.92 Å². The molecule has 0 saturated carbocycles. The molecule has 0 aliphatic rings. The summed E-state index contributed by atoms with van der Waals surface area (Å²) in [5, 5.41) is 9.08. The predicted octanol–water partition coefficient (Wildman–Crippen LogP) is 1.67. The van der Waals surface area contributed by atoms with Gasteiger partial charge in [-0.25, -0.2) is 0 Å². The van der Waals surface area contributed by atoms with Crippen LogP contribution in [-0.4, -0.2) is 21.9 Å². The van der Waals surface area contributed by atoms with Crippen LogP contribution in [-0.2, 0) is 4.79 Å². The fourth-order valence-electron chi connectivity index (χ4n) is 1.31. The third-order valence-electron chi connectivity index (χ3n) is 2.20. The maximum atomic E-state index is 11.9. The molecule has 0 unspecified atom stereocenters. The minimum Gasteiger partial charge on any atom is -0.321 e. The molecular formula is C11H10N4O2S. The van der Waals surface area contributed by atoms with Crippen LogP contribution < -0.4 is 10.6 Å². The van der Waals surface area contributed by atoms with Crippen molar-refractivity contribution in [1.29, 1.82) is 0 Å². The van der Waals surface area contributed by atoms with Gasteiger partial charge >= 0.3 is 0 Å². The summed E-state index contributed by atoms with van der Waals surface area (Å²) in [6.45, 7) is 1.96. The summed E-state index contributed by atoms with van der Waals surface area (Å²) in [5.41, 5.74) is 1.87. The van der Waals surface area contributed by atoms with E-state index in [0.717, 1.165) is 17.1 Å². The van der Waals surface area contributed by atoms with Crippen LogP contribution >= 0.6 is 11.5 Å². The molecule has 7 heteroatoms. The highest BCUT2D eigenvalue weighted by molar-refractivity contribution is 7.10. The summed E-state index contributed by atoms with van der Waals surface area (Å²) in [6, 6.07) is 7.36. The lowest BCUT2D eigenvalue weighted by Gasteiger charge is -2.04. The minimum atomic E-state index is -0.406. The van der Waals surface area contributed by atoms with Crippen molar-refractivity contribution < 1.29 is 9.59 Å². The van der Waals surface area contributed by atoms with Crippen LogP contribution in [0.25, 0.3) is 0 Å². The van der Waals surface area contributed by atoms with Gasteiger partial charge in [0.15, 0.2) is 5.69 Å². The molecule has 0 spiro atoms. The van der Waals surface area contributed by atoms with Crippen LogP contribution in [0.4, 0.5) is 10.7 Å². The first-order valence-electron chi connectivity index (χ1n) is 5.11. The number of aryl methyl sites for hydroxylation is 1. The first-order chi connectivity index (χ1) is 8.70. The molecule has 1 heterocycles. The first-order valence-corrected chi connectivity index (χ1v) is 5.88. The van der Waals surface area contributed by atoms with E-state index < -0.39 is 5.91 Å². The maximum absolute atomic E-state index is 11.9. The van der Waals surface area contributed by atoms with Crippen molar-refractivity contribution in [2.75, 3.05) is 10.6 Å². The zero-order valence-electron chi connectivity index (χ0n) is 9.51. The molecule has 0 bridgehead atoms. The highest BCUT2D eigenvalue weighted by atomic mass is 32.1. The molecule has 1 aromatic heterocycles. The van der Waals surface area contributed by atoms with Crippen LogP contribution in [0.15, 0.2) is 24.3 Å². The van der Waals surface area contributed by atoms with E-state index in [1.807, 2.05) is 19.1 Å². The van der Waals surface area contributed by atoms with Crippen molar-refractivity contribution in [1.82, 2.24) is 9.59 Å². The zero-order valence-corrected chi connectivity index (χ0v) is 10.3. The molecule has 0 atom stereocenters. The molecule has 0 aliphatic carbocycles. The van der Waals surface area contributed by atoms with E-state index in [9.17, 15) is 9.59 Å². The lowest BCUT2D eigenvalue weighted by atomic mass is 10.2. The molecule has 1 aromatic carbocycles. The molecule has 0 radical (unpaired) electrons. The Morgan fingerprint density at radius 2 is 2.06 bits per heavy atom. The number of rotatable bonds is 4. The number of hydrogen-bond acceptors (Lipinski definition) is 5. The van der Waals surface area contributed by atoms with E-state index in [1.54, 1.807) is 12.1 Å². The number of nitrogens with one attached hydrogen (secondary N) is 2. The molecule has 2 aromatic rings. The van der Waals surface area contributed by atoms with E-state index in [1.165, 1.54) is 0 Å². The monoisotopic (exact) mass is 262 g/mol. The van der Waals surface area contributed by atoms with Gasteiger partial charge in [0.2, 0.25) is 6.41 Å². The SMILES string of the molecule is Cc1ccc(NC(=O)c2nnsc2NC=O)cc1. The van der Waals surface area contributed by atoms with E-state index >= 15 is 0 Å². The van der Waals surface area contributed by atoms with Crippen LogP contribution in [0.5, 0.6) is 0 Å². The number of aromatic nitrogens is 2. The molecule has 6 nitrogen and oxygen atoms in total. The van der Waals surface area contributed by atoms with E-state index in [-0.39, 0.29) is 5.69 Å². The van der Waals surface area contributed by atoms with Gasteiger partial charge in [-0.15, -0.1) is 5.10 Å². The number of carbonyl (C=O) groups excluding carboxylic acids is 2. The second kappa shape index (κ2) is 5.37. The van der Waals surface area contributed by atoms with Crippen molar-refractivity contribution in [3.8, 4) is 0 Å². The van der Waals surface area contributed by atoms with E-state index in [0.29, 0.717) is 17.1 Å². The number of anilines is 2. The van der Waals surface area contributed by atoms with Gasteiger partial charge in [0.25, 0.3) is 5.91 Å². The standard InChI is InChI=1S/C11H10N4O2S/c1-7-2-4-8(5-3-7)13-10(17)9-11(12-6-16)18-15-14-9/h2-6H,1H3,(H,12,16)(H,13,17). The van der Waals surface area contributed by atoms with Gasteiger partial charge in [0.05, 0.1) is 0 Å². The smallest absolute Gasteiger partial charge is 0.279 e. The van der Waals surface area contributed by atoms with E-state index in [2.05, 4.69) is 20.2 Å². The van der Waals surface area contributed by atoms with Crippen molar-refractivity contribution in [2.24, 2.45) is 0 Å². The Morgan fingerprint density at radius 1 is 1.33 bits per heavy atom. The number of nitrogens with zero attached hydrogens (tertiary/aromatic N) is 2. The summed E-state index contributed by atoms with van der Waals surface area (Å²) in [6.07, 6.45) is 0.484. The van der Waals surface area contributed by atoms with Crippen LogP contribution in [0.3, 0.4) is 0 Å². The van der Waals surface area contributed by atoms with Gasteiger partial charge in [-0.05, 0) is 19.1 Å². The van der Waals surface area contributed by atoms with Gasteiger partial charge in [0.1, 0.15) is 5.00 Å². The van der Waals surface area contributed by atoms with E-state index in [4.69, 9.17) is 0 Å². The van der Waals surface area contributed by atoms with Gasteiger partial charge in [-0.2, -0.15) is 0 Å². The van der Waals surface area contributed by atoms with Gasteiger partial charge in [-0.3, -0.25) is 9.59 Å². The molecular weight excluding hydrogens is 252 g/mol. The summed E-state index contributed by atoms with van der Waals surface area (Å²) < 4.78 is 3.63. The third-order valence-corrected chi connectivity index (χ3v) is 2.86. The Balaban J connectivity index is 2.14. The lowest BCUT2D eigenvalue weighted by molar-refractivity contribution is -0.105. The topological polar surface area (TPSA) is 84.0 Å². The normalized spacial score (nSPS) is 9.83. The lowest BCUT2D eigenvalue weighted by Crippen LogP contribution is -2.14. The summed E-state index contributed by atoms with van der Waals surface area (Å²) in [4.78, 5) is 22.2. The highest BCUT2D eigenvalue weighted by Crippen LogP contribution is 2.18. The van der Waals surface area contributed by atoms with Gasteiger partial charge in [-0.1, -0.05) is 22.2 Å². The fourth-order valence-corrected chi connectivity index (χ4v) is 1.84. The van der Waals surface area contributed by atoms with Crippen molar-refractivity contribution in [3.05, 3.63) is 35.5 Å². The molecule has 2 amide bonds. The second-order valence-electron chi connectivity index (χ2n) is 3.53. The number of hydrogen-bond donors (Lipinski definition) is 2. The van der Waals surface area contributed by atoms with Gasteiger partial charge < -0.3 is 10.6 Å². The second-order valence-corrected chi connectivity index (χ2v) is 4.29. The zero-order chi connectivity index (χ0) is 13.0. The van der Waals surface area contributed by atoms with Crippen molar-refractivity contribution in [3.63, 3.8) is 0 Å². The first kappa shape index (κ1) is 12.2. The largest absolute Gasteiger partial charge is 0.321 e. The molecule has 0 saturated heterocycles.